The molecule has 3 nitrogen and oxygen atoms in total. The maximum Gasteiger partial charge on any atom is 0.230 e. The van der Waals surface area contributed by atoms with E-state index in [1.807, 2.05) is 24.1 Å². The van der Waals surface area contributed by atoms with E-state index < -0.39 is 0 Å². The van der Waals surface area contributed by atoms with Crippen LogP contribution in [0, 0.1) is 18.3 Å². The Morgan fingerprint density at radius 1 is 1.33 bits per heavy atom. The van der Waals surface area contributed by atoms with E-state index in [0.717, 1.165) is 31.6 Å². The first-order chi connectivity index (χ1) is 9.98. The highest BCUT2D eigenvalue weighted by Gasteiger charge is 2.41. The van der Waals surface area contributed by atoms with Crippen LogP contribution in [0.5, 0.6) is 0 Å². The van der Waals surface area contributed by atoms with Gasteiger partial charge in [0.15, 0.2) is 0 Å². The molecule has 1 aromatic carbocycles. The van der Waals surface area contributed by atoms with Crippen molar-refractivity contribution in [3.8, 4) is 0 Å². The molecule has 1 aromatic rings. The molecule has 2 rings (SSSR count). The molecule has 2 N–H and O–H groups in total. The van der Waals surface area contributed by atoms with Crippen molar-refractivity contribution >= 4 is 5.91 Å². The summed E-state index contributed by atoms with van der Waals surface area (Å²) in [6.07, 6.45) is 4.09. The maximum absolute atomic E-state index is 12.9. The normalized spacial score (nSPS) is 25.6. The molecule has 0 unspecified atom stereocenters. The Balaban J connectivity index is 2.09. The van der Waals surface area contributed by atoms with Gasteiger partial charge in [-0.3, -0.25) is 4.79 Å². The van der Waals surface area contributed by atoms with Crippen molar-refractivity contribution < 1.29 is 4.79 Å². The number of rotatable bonds is 4. The monoisotopic (exact) mass is 288 g/mol. The Kier molecular flexibility index (Phi) is 5.04. The van der Waals surface area contributed by atoms with Crippen LogP contribution in [0.25, 0.3) is 0 Å². The third-order valence-corrected chi connectivity index (χ3v) is 5.09. The van der Waals surface area contributed by atoms with E-state index in [0.29, 0.717) is 13.1 Å². The molecule has 1 aliphatic carbocycles. The van der Waals surface area contributed by atoms with Crippen LogP contribution < -0.4 is 5.73 Å². The summed E-state index contributed by atoms with van der Waals surface area (Å²) in [4.78, 5) is 14.8. The molecule has 0 atom stereocenters. The number of aryl methyl sites for hydroxylation is 1. The van der Waals surface area contributed by atoms with Gasteiger partial charge in [-0.05, 0) is 49.7 Å². The minimum Gasteiger partial charge on any atom is -0.341 e. The molecule has 1 aliphatic rings. The van der Waals surface area contributed by atoms with E-state index >= 15 is 0 Å². The zero-order chi connectivity index (χ0) is 15.5. The summed E-state index contributed by atoms with van der Waals surface area (Å²) in [6, 6.07) is 8.25. The third kappa shape index (κ3) is 3.46. The Labute approximate surface area is 128 Å². The van der Waals surface area contributed by atoms with Crippen molar-refractivity contribution in [2.24, 2.45) is 17.1 Å². The summed E-state index contributed by atoms with van der Waals surface area (Å²) in [5.41, 5.74) is 8.11. The highest BCUT2D eigenvalue weighted by atomic mass is 16.2. The van der Waals surface area contributed by atoms with Crippen molar-refractivity contribution in [3.05, 3.63) is 35.4 Å². The number of benzene rings is 1. The Morgan fingerprint density at radius 3 is 2.52 bits per heavy atom. The van der Waals surface area contributed by atoms with Crippen LogP contribution in [0.1, 0.15) is 43.7 Å². The fraction of sp³-hybridized carbons (Fsp3) is 0.611. The van der Waals surface area contributed by atoms with E-state index in [1.54, 1.807) is 0 Å². The predicted octanol–water partition coefficient (Wildman–Crippen LogP) is 3.11. The van der Waals surface area contributed by atoms with Crippen LogP contribution in [0.2, 0.25) is 0 Å². The first-order valence-electron chi connectivity index (χ1n) is 7.98. The van der Waals surface area contributed by atoms with Crippen molar-refractivity contribution in [1.29, 1.82) is 0 Å². The fourth-order valence-corrected chi connectivity index (χ4v) is 3.34. The summed E-state index contributed by atoms with van der Waals surface area (Å²) in [6.45, 7) is 5.50. The predicted molar refractivity (Wildman–Crippen MR) is 86.8 cm³/mol. The molecule has 0 bridgehead atoms. The van der Waals surface area contributed by atoms with Crippen molar-refractivity contribution in [2.75, 3.05) is 13.6 Å². The van der Waals surface area contributed by atoms with Crippen molar-refractivity contribution in [1.82, 2.24) is 4.90 Å². The number of nitrogens with zero attached hydrogens (tertiary/aromatic N) is 1. The first kappa shape index (κ1) is 16.0. The summed E-state index contributed by atoms with van der Waals surface area (Å²) < 4.78 is 0. The topological polar surface area (TPSA) is 46.3 Å². The number of nitrogens with two attached hydrogens (primary N) is 1. The summed E-state index contributed by atoms with van der Waals surface area (Å²) in [7, 11) is 1.91. The Hall–Kier alpha value is -1.35. The summed E-state index contributed by atoms with van der Waals surface area (Å²) in [5.74, 6) is 0.944. The fourth-order valence-electron chi connectivity index (χ4n) is 3.34. The molecule has 0 aliphatic heterocycles. The molecular formula is C18H28N2O. The van der Waals surface area contributed by atoms with Crippen molar-refractivity contribution in [2.45, 2.75) is 46.1 Å². The van der Waals surface area contributed by atoms with Gasteiger partial charge in [-0.15, -0.1) is 0 Å². The molecule has 1 saturated carbocycles. The average Bonchev–Trinajstić information content (AvgIpc) is 2.50. The molecular weight excluding hydrogens is 260 g/mol. The molecule has 0 radical (unpaired) electrons. The molecule has 0 aromatic heterocycles. The van der Waals surface area contributed by atoms with Crippen LogP contribution in [-0.2, 0) is 11.3 Å². The van der Waals surface area contributed by atoms with Crippen molar-refractivity contribution in [3.63, 3.8) is 0 Å². The molecule has 3 heteroatoms. The highest BCUT2D eigenvalue weighted by Crippen LogP contribution is 2.39. The van der Waals surface area contributed by atoms with Gasteiger partial charge in [0, 0.05) is 20.1 Å². The van der Waals surface area contributed by atoms with Gasteiger partial charge < -0.3 is 10.6 Å². The summed E-state index contributed by atoms with van der Waals surface area (Å²) in [5, 5.41) is 0. The number of hydrogen-bond donors (Lipinski definition) is 1. The lowest BCUT2D eigenvalue weighted by Gasteiger charge is -2.39. The number of carbonyl (C=O) groups is 1. The average molecular weight is 288 g/mol. The van der Waals surface area contributed by atoms with Crippen LogP contribution in [0.3, 0.4) is 0 Å². The second-order valence-corrected chi connectivity index (χ2v) is 6.75. The smallest absolute Gasteiger partial charge is 0.230 e. The van der Waals surface area contributed by atoms with Gasteiger partial charge in [-0.1, -0.05) is 31.2 Å². The number of amides is 1. The third-order valence-electron chi connectivity index (χ3n) is 5.09. The molecule has 0 heterocycles. The van der Waals surface area contributed by atoms with Crippen LogP contribution in [0.15, 0.2) is 24.3 Å². The van der Waals surface area contributed by atoms with Gasteiger partial charge in [-0.25, -0.2) is 0 Å². The largest absolute Gasteiger partial charge is 0.341 e. The van der Waals surface area contributed by atoms with Gasteiger partial charge in [0.25, 0.3) is 0 Å². The standard InChI is InChI=1S/C18H28N2O/c1-14-8-10-18(13-19,11-9-14)17(21)20(3)12-16-7-5-4-6-15(16)2/h4-7,14H,8-13,19H2,1-3H3. The zero-order valence-electron chi connectivity index (χ0n) is 13.6. The van der Waals surface area contributed by atoms with Gasteiger partial charge in [-0.2, -0.15) is 0 Å². The van der Waals surface area contributed by atoms with Gasteiger partial charge in [0.1, 0.15) is 0 Å². The molecule has 21 heavy (non-hydrogen) atoms. The molecule has 116 valence electrons. The van der Waals surface area contributed by atoms with Crippen LogP contribution >= 0.6 is 0 Å². The zero-order valence-corrected chi connectivity index (χ0v) is 13.6. The molecule has 1 amide bonds. The van der Waals surface area contributed by atoms with Crippen LogP contribution in [-0.4, -0.2) is 24.4 Å². The Morgan fingerprint density at radius 2 is 1.95 bits per heavy atom. The first-order valence-corrected chi connectivity index (χ1v) is 7.98. The van der Waals surface area contributed by atoms with Gasteiger partial charge in [0.05, 0.1) is 5.41 Å². The van der Waals surface area contributed by atoms with Gasteiger partial charge >= 0.3 is 0 Å². The Bertz CT molecular complexity index is 490. The van der Waals surface area contributed by atoms with E-state index in [2.05, 4.69) is 26.0 Å². The maximum atomic E-state index is 12.9. The minimum absolute atomic E-state index is 0.222. The van der Waals surface area contributed by atoms with Gasteiger partial charge in [0.2, 0.25) is 5.91 Å². The molecule has 0 spiro atoms. The van der Waals surface area contributed by atoms with E-state index in [4.69, 9.17) is 5.73 Å². The lowest BCUT2D eigenvalue weighted by Crippen LogP contribution is -2.48. The SMILES string of the molecule is Cc1ccccc1CN(C)C(=O)C1(CN)CCC(C)CC1. The minimum atomic E-state index is -0.329. The number of hydrogen-bond acceptors (Lipinski definition) is 2. The van der Waals surface area contributed by atoms with Crippen LogP contribution in [0.4, 0.5) is 0 Å². The lowest BCUT2D eigenvalue weighted by molar-refractivity contribution is -0.143. The molecule has 0 saturated heterocycles. The molecule has 1 fully saturated rings. The highest BCUT2D eigenvalue weighted by molar-refractivity contribution is 5.83. The quantitative estimate of drug-likeness (QED) is 0.925. The van der Waals surface area contributed by atoms with E-state index in [-0.39, 0.29) is 11.3 Å². The second kappa shape index (κ2) is 6.61. The second-order valence-electron chi connectivity index (χ2n) is 6.75. The lowest BCUT2D eigenvalue weighted by atomic mass is 9.70. The number of carbonyl (C=O) groups excluding carboxylic acids is 1. The van der Waals surface area contributed by atoms with E-state index in [9.17, 15) is 4.79 Å². The summed E-state index contributed by atoms with van der Waals surface area (Å²) >= 11 is 0. The van der Waals surface area contributed by atoms with E-state index in [1.165, 1.54) is 11.1 Å².